The van der Waals surface area contributed by atoms with E-state index < -0.39 is 0 Å². The van der Waals surface area contributed by atoms with Gasteiger partial charge in [0.15, 0.2) is 10.8 Å². The summed E-state index contributed by atoms with van der Waals surface area (Å²) in [5.41, 5.74) is 1.07. The van der Waals surface area contributed by atoms with Crippen molar-refractivity contribution in [2.75, 3.05) is 18.5 Å². The second kappa shape index (κ2) is 4.05. The van der Waals surface area contributed by atoms with Crippen LogP contribution in [0.1, 0.15) is 6.92 Å². The summed E-state index contributed by atoms with van der Waals surface area (Å²) >= 11 is 5.87. The Labute approximate surface area is 96.7 Å². The largest absolute Gasteiger partial charge is 0.338 e. The Morgan fingerprint density at radius 2 is 2.31 bits per heavy atom. The molecule has 0 aromatic carbocycles. The van der Waals surface area contributed by atoms with Crippen LogP contribution in [0.3, 0.4) is 0 Å². The molecule has 0 unspecified atom stereocenters. The molecule has 0 atom stereocenters. The van der Waals surface area contributed by atoms with E-state index in [0.29, 0.717) is 22.3 Å². The average Bonchev–Trinajstić information content (AvgIpc) is 2.61. The average molecular weight is 240 g/mol. The molecule has 16 heavy (non-hydrogen) atoms. The molecule has 0 aliphatic carbocycles. The third-order valence-corrected chi connectivity index (χ3v) is 2.34. The molecule has 0 fully saturated rings. The highest BCUT2D eigenvalue weighted by molar-refractivity contribution is 6.33. The van der Waals surface area contributed by atoms with Crippen LogP contribution in [0.25, 0.3) is 11.2 Å². The molecule has 0 saturated heterocycles. The van der Waals surface area contributed by atoms with Crippen LogP contribution in [-0.4, -0.2) is 39.3 Å². The molecule has 2 aromatic heterocycles. The van der Waals surface area contributed by atoms with Gasteiger partial charge >= 0.3 is 0 Å². The van der Waals surface area contributed by atoms with Crippen molar-refractivity contribution in [3.8, 4) is 0 Å². The lowest BCUT2D eigenvalue weighted by atomic mass is 10.4. The lowest BCUT2D eigenvalue weighted by Crippen LogP contribution is -2.24. The molecule has 1 N–H and O–H groups in total. The number of rotatable bonds is 3. The molecular formula is C9H10ClN5O. The van der Waals surface area contributed by atoms with E-state index >= 15 is 0 Å². The number of carbonyl (C=O) groups is 1. The number of halogens is 1. The number of anilines is 1. The molecule has 0 spiro atoms. The van der Waals surface area contributed by atoms with Crippen LogP contribution < -0.4 is 4.90 Å². The van der Waals surface area contributed by atoms with Crippen LogP contribution in [0.2, 0.25) is 5.15 Å². The standard InChI is InChI=1S/C9H10ClN5O/c1-5(16)3-15(2)9-13-6-7(10)11-4-12-8(6)14-9/h4H,3H2,1-2H3,(H,11,12,13,14). The number of Topliss-reactive ketones (excluding diaryl/α,β-unsaturated/α-hetero) is 1. The number of hydrogen-bond donors (Lipinski definition) is 1. The number of carbonyl (C=O) groups excluding carboxylic acids is 1. The molecule has 0 aliphatic heterocycles. The smallest absolute Gasteiger partial charge is 0.205 e. The van der Waals surface area contributed by atoms with Gasteiger partial charge in [0.25, 0.3) is 0 Å². The summed E-state index contributed by atoms with van der Waals surface area (Å²) < 4.78 is 0. The highest BCUT2D eigenvalue weighted by atomic mass is 35.5. The Bertz CT molecular complexity index is 538. The van der Waals surface area contributed by atoms with E-state index in [1.54, 1.807) is 11.9 Å². The fraction of sp³-hybridized carbons (Fsp3) is 0.333. The number of aromatic amines is 1. The summed E-state index contributed by atoms with van der Waals surface area (Å²) in [6.45, 7) is 1.80. The Morgan fingerprint density at radius 3 is 2.94 bits per heavy atom. The van der Waals surface area contributed by atoms with Crippen molar-refractivity contribution in [1.29, 1.82) is 0 Å². The number of nitrogens with one attached hydrogen (secondary N) is 1. The van der Waals surface area contributed by atoms with Crippen LogP contribution in [0, 0.1) is 0 Å². The van der Waals surface area contributed by atoms with Gasteiger partial charge in [0.2, 0.25) is 5.95 Å². The van der Waals surface area contributed by atoms with Crippen LogP contribution in [0.15, 0.2) is 6.33 Å². The summed E-state index contributed by atoms with van der Waals surface area (Å²) in [6, 6.07) is 0. The minimum atomic E-state index is 0.0557. The number of hydrogen-bond acceptors (Lipinski definition) is 5. The predicted octanol–water partition coefficient (Wildman–Crippen LogP) is 1.03. The molecule has 2 heterocycles. The summed E-state index contributed by atoms with van der Waals surface area (Å²) in [4.78, 5) is 27.7. The number of H-pyrrole nitrogens is 1. The summed E-state index contributed by atoms with van der Waals surface area (Å²) in [5, 5.41) is 0.319. The topological polar surface area (TPSA) is 74.8 Å². The molecule has 0 saturated carbocycles. The second-order valence-corrected chi connectivity index (χ2v) is 3.84. The van der Waals surface area contributed by atoms with Gasteiger partial charge in [-0.05, 0) is 6.92 Å². The van der Waals surface area contributed by atoms with Crippen LogP contribution >= 0.6 is 11.6 Å². The molecule has 84 valence electrons. The van der Waals surface area contributed by atoms with Crippen molar-refractivity contribution < 1.29 is 4.79 Å². The van der Waals surface area contributed by atoms with Gasteiger partial charge in [-0.3, -0.25) is 4.79 Å². The minimum absolute atomic E-state index is 0.0557. The van der Waals surface area contributed by atoms with Crippen LogP contribution in [-0.2, 0) is 4.79 Å². The number of likely N-dealkylation sites (N-methyl/N-ethyl adjacent to an activating group) is 1. The van der Waals surface area contributed by atoms with Gasteiger partial charge in [-0.25, -0.2) is 9.97 Å². The number of imidazole rings is 1. The van der Waals surface area contributed by atoms with Crippen molar-refractivity contribution in [2.45, 2.75) is 6.92 Å². The third kappa shape index (κ3) is 1.96. The van der Waals surface area contributed by atoms with E-state index in [2.05, 4.69) is 19.9 Å². The maximum absolute atomic E-state index is 11.0. The van der Waals surface area contributed by atoms with E-state index in [-0.39, 0.29) is 12.3 Å². The van der Waals surface area contributed by atoms with Crippen molar-refractivity contribution in [1.82, 2.24) is 19.9 Å². The SMILES string of the molecule is CC(=O)CN(C)c1nc2ncnc(Cl)c2[nH]1. The van der Waals surface area contributed by atoms with Crippen molar-refractivity contribution in [2.24, 2.45) is 0 Å². The number of aromatic nitrogens is 4. The monoisotopic (exact) mass is 239 g/mol. The van der Waals surface area contributed by atoms with E-state index in [1.807, 2.05) is 0 Å². The van der Waals surface area contributed by atoms with E-state index in [1.165, 1.54) is 13.3 Å². The normalized spacial score (nSPS) is 10.7. The maximum Gasteiger partial charge on any atom is 0.205 e. The van der Waals surface area contributed by atoms with Gasteiger partial charge in [-0.15, -0.1) is 0 Å². The van der Waals surface area contributed by atoms with Gasteiger partial charge in [0.1, 0.15) is 17.6 Å². The van der Waals surface area contributed by atoms with Gasteiger partial charge in [-0.2, -0.15) is 4.98 Å². The van der Waals surface area contributed by atoms with Gasteiger partial charge in [0.05, 0.1) is 6.54 Å². The van der Waals surface area contributed by atoms with E-state index in [4.69, 9.17) is 11.6 Å². The van der Waals surface area contributed by atoms with Crippen molar-refractivity contribution in [3.63, 3.8) is 0 Å². The quantitative estimate of drug-likeness (QED) is 0.810. The first-order valence-electron chi connectivity index (χ1n) is 4.64. The predicted molar refractivity (Wildman–Crippen MR) is 60.6 cm³/mol. The fourth-order valence-electron chi connectivity index (χ4n) is 1.38. The van der Waals surface area contributed by atoms with Crippen molar-refractivity contribution >= 4 is 34.5 Å². The molecule has 6 nitrogen and oxygen atoms in total. The zero-order valence-electron chi connectivity index (χ0n) is 8.86. The first-order chi connectivity index (χ1) is 7.58. The summed E-state index contributed by atoms with van der Waals surface area (Å²) in [7, 11) is 1.76. The molecule has 7 heteroatoms. The Balaban J connectivity index is 2.39. The van der Waals surface area contributed by atoms with Gasteiger partial charge in [-0.1, -0.05) is 11.6 Å². The maximum atomic E-state index is 11.0. The van der Waals surface area contributed by atoms with Gasteiger partial charge in [0, 0.05) is 7.05 Å². The second-order valence-electron chi connectivity index (χ2n) is 3.48. The lowest BCUT2D eigenvalue weighted by molar-refractivity contribution is -0.115. The molecule has 0 radical (unpaired) electrons. The molecular weight excluding hydrogens is 230 g/mol. The fourth-order valence-corrected chi connectivity index (χ4v) is 1.55. The molecule has 2 rings (SSSR count). The Hall–Kier alpha value is -1.69. The highest BCUT2D eigenvalue weighted by Gasteiger charge is 2.11. The lowest BCUT2D eigenvalue weighted by Gasteiger charge is -2.12. The zero-order chi connectivity index (χ0) is 11.7. The molecule has 0 bridgehead atoms. The Morgan fingerprint density at radius 1 is 1.56 bits per heavy atom. The Kier molecular flexibility index (Phi) is 2.74. The van der Waals surface area contributed by atoms with Crippen molar-refractivity contribution in [3.05, 3.63) is 11.5 Å². The summed E-state index contributed by atoms with van der Waals surface area (Å²) in [5.74, 6) is 0.604. The van der Waals surface area contributed by atoms with Crippen LogP contribution in [0.5, 0.6) is 0 Å². The van der Waals surface area contributed by atoms with Crippen LogP contribution in [0.4, 0.5) is 5.95 Å². The minimum Gasteiger partial charge on any atom is -0.338 e. The first kappa shape index (κ1) is 10.8. The molecule has 0 amide bonds. The summed E-state index contributed by atoms with van der Waals surface area (Å²) in [6.07, 6.45) is 1.35. The zero-order valence-corrected chi connectivity index (χ0v) is 9.62. The first-order valence-corrected chi connectivity index (χ1v) is 5.02. The number of fused-ring (bicyclic) bond motifs is 1. The molecule has 0 aliphatic rings. The molecule has 2 aromatic rings. The highest BCUT2D eigenvalue weighted by Crippen LogP contribution is 2.19. The number of nitrogens with zero attached hydrogens (tertiary/aromatic N) is 4. The third-order valence-electron chi connectivity index (χ3n) is 2.05. The van der Waals surface area contributed by atoms with E-state index in [9.17, 15) is 4.79 Å². The number of ketones is 1. The van der Waals surface area contributed by atoms with Gasteiger partial charge < -0.3 is 9.88 Å². The van der Waals surface area contributed by atoms with E-state index in [0.717, 1.165) is 0 Å².